The number of nitrogens with zero attached hydrogens (tertiary/aromatic N) is 1. The summed E-state index contributed by atoms with van der Waals surface area (Å²) in [7, 11) is 1.54. The summed E-state index contributed by atoms with van der Waals surface area (Å²) in [5.74, 6) is 0.626. The van der Waals surface area contributed by atoms with Gasteiger partial charge in [0.15, 0.2) is 12.4 Å². The summed E-state index contributed by atoms with van der Waals surface area (Å²) in [6.45, 7) is 1.98. The largest absolute Gasteiger partial charge is 0.497 e. The van der Waals surface area contributed by atoms with E-state index < -0.39 is 0 Å². The molecule has 0 radical (unpaired) electrons. The molecule has 4 rings (SSSR count). The monoisotopic (exact) mass is 407 g/mol. The van der Waals surface area contributed by atoms with Crippen molar-refractivity contribution >= 4 is 23.3 Å². The number of amides is 2. The smallest absolute Gasteiger partial charge is 0.237 e. The van der Waals surface area contributed by atoms with E-state index in [0.29, 0.717) is 28.7 Å². The number of ketones is 1. The number of Topliss-reactive ketones (excluding diaryl/α,β-unsaturated/α-hetero) is 1. The van der Waals surface area contributed by atoms with Gasteiger partial charge in [-0.1, -0.05) is 25.1 Å². The Balaban J connectivity index is 1.47. The third kappa shape index (κ3) is 3.82. The van der Waals surface area contributed by atoms with Crippen LogP contribution in [0.4, 0.5) is 5.69 Å². The number of anilines is 1. The molecule has 2 aromatic carbocycles. The van der Waals surface area contributed by atoms with Crippen molar-refractivity contribution in [1.29, 1.82) is 0 Å². The summed E-state index contributed by atoms with van der Waals surface area (Å²) in [6, 6.07) is 13.7. The summed E-state index contributed by atoms with van der Waals surface area (Å²) < 4.78 is 10.8. The Hall–Kier alpha value is -3.15. The van der Waals surface area contributed by atoms with Gasteiger partial charge in [0.2, 0.25) is 11.8 Å². The van der Waals surface area contributed by atoms with Crippen molar-refractivity contribution in [3.8, 4) is 11.5 Å². The number of benzene rings is 2. The highest BCUT2D eigenvalue weighted by molar-refractivity contribution is 6.22. The summed E-state index contributed by atoms with van der Waals surface area (Å²) in [5, 5.41) is 0. The van der Waals surface area contributed by atoms with E-state index in [4.69, 9.17) is 9.47 Å². The highest BCUT2D eigenvalue weighted by Crippen LogP contribution is 2.42. The lowest BCUT2D eigenvalue weighted by atomic mass is 9.76. The Morgan fingerprint density at radius 1 is 1.00 bits per heavy atom. The van der Waals surface area contributed by atoms with Gasteiger partial charge >= 0.3 is 0 Å². The molecule has 3 atom stereocenters. The number of hydrogen-bond acceptors (Lipinski definition) is 5. The third-order valence-corrected chi connectivity index (χ3v) is 6.03. The van der Waals surface area contributed by atoms with Crippen molar-refractivity contribution in [2.75, 3.05) is 18.6 Å². The molecular weight excluding hydrogens is 382 g/mol. The van der Waals surface area contributed by atoms with Crippen LogP contribution in [0, 0.1) is 17.8 Å². The minimum atomic E-state index is -0.222. The van der Waals surface area contributed by atoms with Crippen molar-refractivity contribution in [2.24, 2.45) is 17.8 Å². The van der Waals surface area contributed by atoms with E-state index in [0.717, 1.165) is 19.3 Å². The molecule has 1 saturated heterocycles. The van der Waals surface area contributed by atoms with Gasteiger partial charge in [0, 0.05) is 11.6 Å². The Kier molecular flexibility index (Phi) is 5.57. The highest BCUT2D eigenvalue weighted by Gasteiger charge is 2.50. The Morgan fingerprint density at radius 2 is 1.73 bits per heavy atom. The zero-order valence-electron chi connectivity index (χ0n) is 17.2. The third-order valence-electron chi connectivity index (χ3n) is 6.03. The van der Waals surface area contributed by atoms with E-state index in [1.54, 1.807) is 55.6 Å². The van der Waals surface area contributed by atoms with Crippen LogP contribution in [0.3, 0.4) is 0 Å². The number of rotatable bonds is 6. The summed E-state index contributed by atoms with van der Waals surface area (Å²) >= 11 is 0. The van der Waals surface area contributed by atoms with Crippen molar-refractivity contribution in [3.63, 3.8) is 0 Å². The second-order valence-electron chi connectivity index (χ2n) is 8.08. The van der Waals surface area contributed by atoms with Crippen LogP contribution < -0.4 is 14.4 Å². The maximum absolute atomic E-state index is 12.9. The standard InChI is InChI=1S/C24H25NO5/c1-15-9-10-20-21(11-15)24(28)25(23(20)27)17-6-4-8-19(13-17)30-14-22(26)16-5-3-7-18(12-16)29-2/h3-8,12-13,15,20-21H,9-11,14H2,1-2H3/t15-,20+,21+/m1/s1. The minimum Gasteiger partial charge on any atom is -0.497 e. The van der Waals surface area contributed by atoms with Crippen LogP contribution in [0.1, 0.15) is 36.5 Å². The van der Waals surface area contributed by atoms with Crippen LogP contribution in [0.15, 0.2) is 48.5 Å². The second kappa shape index (κ2) is 8.30. The van der Waals surface area contributed by atoms with Gasteiger partial charge in [-0.05, 0) is 49.4 Å². The average molecular weight is 407 g/mol. The minimum absolute atomic E-state index is 0.124. The summed E-state index contributed by atoms with van der Waals surface area (Å²) in [6.07, 6.45) is 2.50. The van der Waals surface area contributed by atoms with Gasteiger partial charge in [0.05, 0.1) is 24.6 Å². The van der Waals surface area contributed by atoms with Gasteiger partial charge in [-0.3, -0.25) is 14.4 Å². The maximum Gasteiger partial charge on any atom is 0.237 e. The van der Waals surface area contributed by atoms with Gasteiger partial charge in [0.25, 0.3) is 0 Å². The van der Waals surface area contributed by atoms with Gasteiger partial charge < -0.3 is 9.47 Å². The van der Waals surface area contributed by atoms with Crippen molar-refractivity contribution in [2.45, 2.75) is 26.2 Å². The lowest BCUT2D eigenvalue weighted by Gasteiger charge is -2.25. The normalized spacial score (nSPS) is 23.3. The van der Waals surface area contributed by atoms with E-state index in [2.05, 4.69) is 6.92 Å². The van der Waals surface area contributed by atoms with Crippen LogP contribution in [-0.2, 0) is 9.59 Å². The molecule has 30 heavy (non-hydrogen) atoms. The van der Waals surface area contributed by atoms with E-state index in [9.17, 15) is 14.4 Å². The zero-order chi connectivity index (χ0) is 21.3. The van der Waals surface area contributed by atoms with Gasteiger partial charge in [-0.25, -0.2) is 4.90 Å². The fourth-order valence-electron chi connectivity index (χ4n) is 4.39. The van der Waals surface area contributed by atoms with E-state index in [1.807, 2.05) is 0 Å². The molecule has 2 aromatic rings. The Morgan fingerprint density at radius 3 is 2.53 bits per heavy atom. The maximum atomic E-state index is 12.9. The molecule has 1 heterocycles. The molecule has 156 valence electrons. The van der Waals surface area contributed by atoms with Crippen molar-refractivity contribution in [1.82, 2.24) is 0 Å². The first-order valence-electron chi connectivity index (χ1n) is 10.3. The number of methoxy groups -OCH3 is 1. The molecule has 1 saturated carbocycles. The summed E-state index contributed by atoms with van der Waals surface area (Å²) in [5.41, 5.74) is 0.993. The molecule has 6 nitrogen and oxygen atoms in total. The number of imide groups is 1. The molecule has 0 bridgehead atoms. The fraction of sp³-hybridized carbons (Fsp3) is 0.375. The number of carbonyl (C=O) groups is 3. The predicted octanol–water partition coefficient (Wildman–Crippen LogP) is 3.88. The molecule has 0 aromatic heterocycles. The second-order valence-corrected chi connectivity index (χ2v) is 8.08. The first kappa shape index (κ1) is 20.1. The van der Waals surface area contributed by atoms with E-state index >= 15 is 0 Å². The molecule has 2 amide bonds. The highest BCUT2D eigenvalue weighted by atomic mass is 16.5. The fourth-order valence-corrected chi connectivity index (χ4v) is 4.39. The molecule has 6 heteroatoms. The van der Waals surface area contributed by atoms with E-state index in [1.165, 1.54) is 4.90 Å². The summed E-state index contributed by atoms with van der Waals surface area (Å²) in [4.78, 5) is 39.5. The van der Waals surface area contributed by atoms with Crippen molar-refractivity contribution < 1.29 is 23.9 Å². The number of carbonyl (C=O) groups excluding carboxylic acids is 3. The predicted molar refractivity (Wildman–Crippen MR) is 112 cm³/mol. The lowest BCUT2D eigenvalue weighted by Crippen LogP contribution is -2.30. The Labute approximate surface area is 175 Å². The number of ether oxygens (including phenoxy) is 2. The van der Waals surface area contributed by atoms with Crippen LogP contribution >= 0.6 is 0 Å². The lowest BCUT2D eigenvalue weighted by molar-refractivity contribution is -0.122. The van der Waals surface area contributed by atoms with Crippen molar-refractivity contribution in [3.05, 3.63) is 54.1 Å². The molecular formula is C24H25NO5. The van der Waals surface area contributed by atoms with Gasteiger partial charge in [-0.2, -0.15) is 0 Å². The van der Waals surface area contributed by atoms with E-state index in [-0.39, 0.29) is 36.0 Å². The van der Waals surface area contributed by atoms with Crippen LogP contribution in [0.25, 0.3) is 0 Å². The van der Waals surface area contributed by atoms with Crippen LogP contribution in [0.5, 0.6) is 11.5 Å². The number of hydrogen-bond donors (Lipinski definition) is 0. The molecule has 2 aliphatic rings. The number of fused-ring (bicyclic) bond motifs is 1. The zero-order valence-corrected chi connectivity index (χ0v) is 17.2. The molecule has 1 aliphatic heterocycles. The molecule has 2 fully saturated rings. The van der Waals surface area contributed by atoms with Gasteiger partial charge in [0.1, 0.15) is 11.5 Å². The Bertz CT molecular complexity index is 985. The molecule has 0 spiro atoms. The first-order chi connectivity index (χ1) is 14.5. The van der Waals surface area contributed by atoms with Gasteiger partial charge in [-0.15, -0.1) is 0 Å². The van der Waals surface area contributed by atoms with Crippen LogP contribution in [0.2, 0.25) is 0 Å². The molecule has 1 aliphatic carbocycles. The quantitative estimate of drug-likeness (QED) is 0.537. The topological polar surface area (TPSA) is 72.9 Å². The first-order valence-corrected chi connectivity index (χ1v) is 10.3. The molecule has 0 unspecified atom stereocenters. The van der Waals surface area contributed by atoms with Crippen LogP contribution in [-0.4, -0.2) is 31.3 Å². The molecule has 0 N–H and O–H groups in total. The average Bonchev–Trinajstić information content (AvgIpc) is 3.01. The SMILES string of the molecule is COc1cccc(C(=O)COc2cccc(N3C(=O)[C@H]4CC[C@@H](C)C[C@@H]4C3=O)c2)c1.